The second-order valence-corrected chi connectivity index (χ2v) is 6.98. The van der Waals surface area contributed by atoms with Gasteiger partial charge in [0.05, 0.1) is 0 Å². The molecule has 2 rings (SSSR count). The van der Waals surface area contributed by atoms with E-state index in [9.17, 15) is 10.2 Å². The summed E-state index contributed by atoms with van der Waals surface area (Å²) in [6.07, 6.45) is 0. The van der Waals surface area contributed by atoms with E-state index in [2.05, 4.69) is 57.0 Å². The van der Waals surface area contributed by atoms with Crippen LogP contribution >= 0.6 is 0 Å². The molecule has 0 aliphatic heterocycles. The van der Waals surface area contributed by atoms with Crippen LogP contribution in [0.25, 0.3) is 0 Å². The van der Waals surface area contributed by atoms with Gasteiger partial charge < -0.3 is 20.4 Å². The predicted molar refractivity (Wildman–Crippen MR) is 102 cm³/mol. The van der Waals surface area contributed by atoms with Crippen LogP contribution in [0.3, 0.4) is 0 Å². The topological polar surface area (TPSA) is 55.7 Å². The number of nitrogens with one attached hydrogen (secondary N) is 1. The molecule has 0 bridgehead atoms. The van der Waals surface area contributed by atoms with E-state index < -0.39 is 0 Å². The van der Waals surface area contributed by atoms with Gasteiger partial charge in [0, 0.05) is 36.2 Å². The Bertz CT molecular complexity index is 684. The van der Waals surface area contributed by atoms with E-state index in [0.29, 0.717) is 0 Å². The predicted octanol–water partition coefficient (Wildman–Crippen LogP) is 4.99. The number of phenolic OH excluding ortho intramolecular Hbond substituents is 2. The van der Waals surface area contributed by atoms with Crippen LogP contribution in [0.1, 0.15) is 40.2 Å². The largest absolute Gasteiger partial charge is 0.504 e. The van der Waals surface area contributed by atoms with Crippen molar-refractivity contribution in [3.8, 4) is 11.5 Å². The molecule has 4 nitrogen and oxygen atoms in total. The molecule has 2 aromatic carbocycles. The number of anilines is 3. The van der Waals surface area contributed by atoms with Gasteiger partial charge in [0.2, 0.25) is 0 Å². The van der Waals surface area contributed by atoms with E-state index >= 15 is 0 Å². The maximum absolute atomic E-state index is 9.85. The van der Waals surface area contributed by atoms with Crippen LogP contribution in [-0.4, -0.2) is 23.3 Å². The zero-order chi connectivity index (χ0) is 17.9. The average Bonchev–Trinajstić information content (AvgIpc) is 2.52. The SMILES string of the molecule is CCN(CC)c1ccc(Nc2cc(O)c(O)cc2C(C)(C)C)cc1. The Morgan fingerprint density at radius 2 is 1.46 bits per heavy atom. The van der Waals surface area contributed by atoms with E-state index in [1.54, 1.807) is 12.1 Å². The number of phenols is 2. The van der Waals surface area contributed by atoms with Crippen molar-refractivity contribution in [2.45, 2.75) is 40.0 Å². The third kappa shape index (κ3) is 3.94. The van der Waals surface area contributed by atoms with E-state index in [1.165, 1.54) is 5.69 Å². The lowest BCUT2D eigenvalue weighted by molar-refractivity contribution is 0.402. The second kappa shape index (κ2) is 7.04. The van der Waals surface area contributed by atoms with Crippen molar-refractivity contribution in [1.29, 1.82) is 0 Å². The molecule has 0 spiro atoms. The maximum atomic E-state index is 9.85. The molecule has 0 saturated carbocycles. The van der Waals surface area contributed by atoms with E-state index in [0.717, 1.165) is 30.0 Å². The Hall–Kier alpha value is -2.36. The van der Waals surface area contributed by atoms with Gasteiger partial charge in [-0.3, -0.25) is 0 Å². The van der Waals surface area contributed by atoms with Crippen molar-refractivity contribution in [2.24, 2.45) is 0 Å². The van der Waals surface area contributed by atoms with Gasteiger partial charge in [0.15, 0.2) is 11.5 Å². The van der Waals surface area contributed by atoms with Gasteiger partial charge >= 0.3 is 0 Å². The van der Waals surface area contributed by atoms with Crippen molar-refractivity contribution in [3.63, 3.8) is 0 Å². The normalized spacial score (nSPS) is 11.4. The van der Waals surface area contributed by atoms with Crippen molar-refractivity contribution >= 4 is 17.1 Å². The molecular formula is C20H28N2O2. The molecular weight excluding hydrogens is 300 g/mol. The lowest BCUT2D eigenvalue weighted by Gasteiger charge is -2.25. The Morgan fingerprint density at radius 3 is 1.96 bits per heavy atom. The van der Waals surface area contributed by atoms with Gasteiger partial charge in [-0.2, -0.15) is 0 Å². The maximum Gasteiger partial charge on any atom is 0.159 e. The Kier molecular flexibility index (Phi) is 5.27. The first-order valence-electron chi connectivity index (χ1n) is 8.44. The Balaban J connectivity index is 2.32. The lowest BCUT2D eigenvalue weighted by Crippen LogP contribution is -2.21. The van der Waals surface area contributed by atoms with Gasteiger partial charge in [-0.15, -0.1) is 0 Å². The molecule has 0 saturated heterocycles. The molecule has 0 heterocycles. The third-order valence-corrected chi connectivity index (χ3v) is 4.20. The summed E-state index contributed by atoms with van der Waals surface area (Å²) in [6.45, 7) is 12.5. The molecule has 3 N–H and O–H groups in total. The fourth-order valence-electron chi connectivity index (χ4n) is 2.80. The van der Waals surface area contributed by atoms with Crippen LogP contribution in [0, 0.1) is 0 Å². The van der Waals surface area contributed by atoms with Crippen molar-refractivity contribution in [2.75, 3.05) is 23.3 Å². The third-order valence-electron chi connectivity index (χ3n) is 4.20. The highest BCUT2D eigenvalue weighted by atomic mass is 16.3. The van der Waals surface area contributed by atoms with Gasteiger partial charge in [0.25, 0.3) is 0 Å². The number of hydrogen-bond donors (Lipinski definition) is 3. The zero-order valence-electron chi connectivity index (χ0n) is 15.2. The Labute approximate surface area is 144 Å². The van der Waals surface area contributed by atoms with Crippen molar-refractivity contribution in [3.05, 3.63) is 42.0 Å². The van der Waals surface area contributed by atoms with E-state index in [-0.39, 0.29) is 16.9 Å². The lowest BCUT2D eigenvalue weighted by atomic mass is 9.85. The molecule has 130 valence electrons. The number of aromatic hydroxyl groups is 2. The fraction of sp³-hybridized carbons (Fsp3) is 0.400. The average molecular weight is 328 g/mol. The first kappa shape index (κ1) is 18.0. The first-order chi connectivity index (χ1) is 11.3. The van der Waals surface area contributed by atoms with E-state index in [1.807, 2.05) is 12.1 Å². The molecule has 0 aromatic heterocycles. The summed E-state index contributed by atoms with van der Waals surface area (Å²) >= 11 is 0. The molecule has 2 aromatic rings. The standard InChI is InChI=1S/C20H28N2O2/c1-6-22(7-2)15-10-8-14(9-11-15)21-17-13-19(24)18(23)12-16(17)20(3,4)5/h8-13,21,23-24H,6-7H2,1-5H3. The van der Waals surface area contributed by atoms with Gasteiger partial charge in [-0.05, 0) is 55.2 Å². The molecule has 4 heteroatoms. The number of hydrogen-bond acceptors (Lipinski definition) is 4. The van der Waals surface area contributed by atoms with Crippen LogP contribution in [-0.2, 0) is 5.41 Å². The van der Waals surface area contributed by atoms with Crippen LogP contribution in [0.15, 0.2) is 36.4 Å². The van der Waals surface area contributed by atoms with Crippen LogP contribution in [0.4, 0.5) is 17.1 Å². The Morgan fingerprint density at radius 1 is 0.917 bits per heavy atom. The summed E-state index contributed by atoms with van der Waals surface area (Å²) in [4.78, 5) is 2.29. The molecule has 0 aliphatic rings. The molecule has 0 radical (unpaired) electrons. The van der Waals surface area contributed by atoms with Crippen LogP contribution in [0.5, 0.6) is 11.5 Å². The number of benzene rings is 2. The summed E-state index contributed by atoms with van der Waals surface area (Å²) in [6, 6.07) is 11.4. The van der Waals surface area contributed by atoms with Gasteiger partial charge in [0.1, 0.15) is 0 Å². The summed E-state index contributed by atoms with van der Waals surface area (Å²) in [5.41, 5.74) is 3.73. The highest BCUT2D eigenvalue weighted by Crippen LogP contribution is 2.39. The quantitative estimate of drug-likeness (QED) is 0.535. The van der Waals surface area contributed by atoms with Crippen molar-refractivity contribution < 1.29 is 10.2 Å². The summed E-state index contributed by atoms with van der Waals surface area (Å²) in [5, 5.41) is 23.0. The smallest absolute Gasteiger partial charge is 0.159 e. The highest BCUT2D eigenvalue weighted by molar-refractivity contribution is 5.70. The molecule has 0 unspecified atom stereocenters. The zero-order valence-corrected chi connectivity index (χ0v) is 15.2. The summed E-state index contributed by atoms with van der Waals surface area (Å²) < 4.78 is 0. The highest BCUT2D eigenvalue weighted by Gasteiger charge is 2.20. The fourth-order valence-corrected chi connectivity index (χ4v) is 2.80. The van der Waals surface area contributed by atoms with E-state index in [4.69, 9.17) is 0 Å². The van der Waals surface area contributed by atoms with Gasteiger partial charge in [-0.25, -0.2) is 0 Å². The van der Waals surface area contributed by atoms with Crippen molar-refractivity contribution in [1.82, 2.24) is 0 Å². The monoisotopic (exact) mass is 328 g/mol. The number of nitrogens with zero attached hydrogens (tertiary/aromatic N) is 1. The minimum absolute atomic E-state index is 0.0950. The summed E-state index contributed by atoms with van der Waals surface area (Å²) in [5.74, 6) is -0.215. The second-order valence-electron chi connectivity index (χ2n) is 6.98. The van der Waals surface area contributed by atoms with Gasteiger partial charge in [-0.1, -0.05) is 20.8 Å². The number of rotatable bonds is 5. The van der Waals surface area contributed by atoms with Crippen LogP contribution in [0.2, 0.25) is 0 Å². The molecule has 0 aliphatic carbocycles. The molecule has 0 atom stereocenters. The molecule has 0 fully saturated rings. The first-order valence-corrected chi connectivity index (χ1v) is 8.44. The molecule has 0 amide bonds. The minimum atomic E-state index is -0.158. The molecule has 24 heavy (non-hydrogen) atoms. The summed E-state index contributed by atoms with van der Waals surface area (Å²) in [7, 11) is 0. The minimum Gasteiger partial charge on any atom is -0.504 e. The van der Waals surface area contributed by atoms with Crippen LogP contribution < -0.4 is 10.2 Å².